The van der Waals surface area contributed by atoms with E-state index in [1.807, 2.05) is 12.1 Å². The first-order valence-electron chi connectivity index (χ1n) is 16.7. The molecule has 0 bridgehead atoms. The van der Waals surface area contributed by atoms with Gasteiger partial charge in [-0.1, -0.05) is 128 Å². The molecule has 2 aliphatic rings. The van der Waals surface area contributed by atoms with Crippen molar-refractivity contribution in [2.24, 2.45) is 0 Å². The van der Waals surface area contributed by atoms with Gasteiger partial charge in [-0.15, -0.1) is 0 Å². The molecule has 47 heavy (non-hydrogen) atoms. The first kappa shape index (κ1) is 27.7. The Kier molecular flexibility index (Phi) is 6.71. The molecule has 0 saturated heterocycles. The molecule has 0 amide bonds. The lowest BCUT2D eigenvalue weighted by atomic mass is 9.63. The maximum atomic E-state index is 6.50. The van der Waals surface area contributed by atoms with Crippen molar-refractivity contribution in [2.45, 2.75) is 37.5 Å². The van der Waals surface area contributed by atoms with Crippen molar-refractivity contribution in [2.75, 3.05) is 0 Å². The molecule has 226 valence electrons. The third kappa shape index (κ3) is 4.82. The average molecular weight is 607 g/mol. The van der Waals surface area contributed by atoms with E-state index in [1.165, 1.54) is 59.9 Å². The topological polar surface area (TPSA) is 35.0 Å². The predicted molar refractivity (Wildman–Crippen MR) is 192 cm³/mol. The fraction of sp³-hybridized carbons (Fsp3) is 0.136. The van der Waals surface area contributed by atoms with Crippen molar-refractivity contribution >= 4 is 10.9 Å². The van der Waals surface area contributed by atoms with Gasteiger partial charge in [-0.3, -0.25) is 0 Å². The van der Waals surface area contributed by atoms with E-state index in [9.17, 15) is 0 Å². The van der Waals surface area contributed by atoms with Crippen LogP contribution in [0.4, 0.5) is 0 Å². The number of fused-ring (bicyclic) bond motifs is 5. The zero-order valence-electron chi connectivity index (χ0n) is 26.2. The summed E-state index contributed by atoms with van der Waals surface area (Å²) in [5, 5.41) is 1.06. The summed E-state index contributed by atoms with van der Waals surface area (Å²) in [6.45, 7) is 0. The van der Waals surface area contributed by atoms with E-state index < -0.39 is 0 Å². The van der Waals surface area contributed by atoms with Crippen LogP contribution in [0.3, 0.4) is 0 Å². The minimum Gasteiger partial charge on any atom is -0.457 e. The van der Waals surface area contributed by atoms with Crippen LogP contribution in [-0.4, -0.2) is 9.97 Å². The van der Waals surface area contributed by atoms with E-state index in [0.717, 1.165) is 50.6 Å². The Balaban J connectivity index is 1.10. The zero-order chi connectivity index (χ0) is 31.2. The van der Waals surface area contributed by atoms with Gasteiger partial charge >= 0.3 is 0 Å². The quantitative estimate of drug-likeness (QED) is 0.200. The largest absolute Gasteiger partial charge is 0.457 e. The van der Waals surface area contributed by atoms with Gasteiger partial charge < -0.3 is 4.74 Å². The van der Waals surface area contributed by atoms with Crippen LogP contribution in [0.1, 0.15) is 43.2 Å². The number of nitrogens with zero attached hydrogens (tertiary/aromatic N) is 2. The highest BCUT2D eigenvalue weighted by Gasteiger charge is 2.42. The molecular formula is C44H34N2O. The molecule has 1 aliphatic heterocycles. The van der Waals surface area contributed by atoms with Crippen LogP contribution in [0.5, 0.6) is 11.5 Å². The lowest BCUT2D eigenvalue weighted by Gasteiger charge is -2.43. The molecule has 0 radical (unpaired) electrons. The molecule has 0 atom stereocenters. The molecule has 1 aliphatic carbocycles. The summed E-state index contributed by atoms with van der Waals surface area (Å²) in [7, 11) is 0. The zero-order valence-corrected chi connectivity index (χ0v) is 26.2. The van der Waals surface area contributed by atoms with Crippen LogP contribution in [0.25, 0.3) is 55.8 Å². The number of ether oxygens (including phenoxy) is 1. The molecule has 1 aromatic heterocycles. The lowest BCUT2D eigenvalue weighted by molar-refractivity contribution is 0.306. The molecule has 0 unspecified atom stereocenters. The molecular weight excluding hydrogens is 572 g/mol. The molecule has 0 N–H and O–H groups in total. The van der Waals surface area contributed by atoms with Crippen LogP contribution in [-0.2, 0) is 5.41 Å². The Bertz CT molecular complexity index is 2270. The highest BCUT2D eigenvalue weighted by atomic mass is 16.5. The van der Waals surface area contributed by atoms with E-state index in [-0.39, 0.29) is 5.41 Å². The van der Waals surface area contributed by atoms with E-state index in [0.29, 0.717) is 0 Å². The molecule has 1 saturated carbocycles. The van der Waals surface area contributed by atoms with E-state index in [4.69, 9.17) is 14.7 Å². The van der Waals surface area contributed by atoms with Crippen LogP contribution in [0.2, 0.25) is 0 Å². The summed E-state index contributed by atoms with van der Waals surface area (Å²) in [6, 6.07) is 51.6. The molecule has 1 spiro atoms. The first-order chi connectivity index (χ1) is 23.2. The van der Waals surface area contributed by atoms with Crippen LogP contribution in [0, 0.1) is 0 Å². The number of aromatic nitrogens is 2. The fourth-order valence-corrected chi connectivity index (χ4v) is 7.82. The van der Waals surface area contributed by atoms with Gasteiger partial charge in [0.25, 0.3) is 0 Å². The van der Waals surface area contributed by atoms with Crippen molar-refractivity contribution in [3.8, 4) is 56.4 Å². The molecule has 3 heteroatoms. The highest BCUT2D eigenvalue weighted by Crippen LogP contribution is 2.55. The maximum Gasteiger partial charge on any atom is 0.160 e. The minimum absolute atomic E-state index is 0.0167. The first-order valence-corrected chi connectivity index (χ1v) is 16.7. The lowest BCUT2D eigenvalue weighted by Crippen LogP contribution is -2.33. The molecule has 6 aromatic carbocycles. The summed E-state index contributed by atoms with van der Waals surface area (Å²) >= 11 is 0. The third-order valence-corrected chi connectivity index (χ3v) is 10.1. The van der Waals surface area contributed by atoms with Gasteiger partial charge in [-0.25, -0.2) is 9.97 Å². The van der Waals surface area contributed by atoms with Crippen molar-refractivity contribution in [3.05, 3.63) is 157 Å². The second-order valence-electron chi connectivity index (χ2n) is 12.9. The van der Waals surface area contributed by atoms with Crippen molar-refractivity contribution in [3.63, 3.8) is 0 Å². The summed E-state index contributed by atoms with van der Waals surface area (Å²) in [5.41, 5.74) is 11.4. The molecule has 9 rings (SSSR count). The van der Waals surface area contributed by atoms with Crippen molar-refractivity contribution in [1.82, 2.24) is 9.97 Å². The normalized spacial score (nSPS) is 14.7. The van der Waals surface area contributed by atoms with Gasteiger partial charge in [-0.05, 0) is 71.5 Å². The summed E-state index contributed by atoms with van der Waals surface area (Å²) in [4.78, 5) is 10.1. The molecule has 1 fully saturated rings. The number of rotatable bonds is 4. The average Bonchev–Trinajstić information content (AvgIpc) is 3.15. The monoisotopic (exact) mass is 606 g/mol. The van der Waals surface area contributed by atoms with Crippen molar-refractivity contribution < 1.29 is 4.74 Å². The van der Waals surface area contributed by atoms with Gasteiger partial charge in [0.05, 0.1) is 11.2 Å². The summed E-state index contributed by atoms with van der Waals surface area (Å²) < 4.78 is 6.50. The molecule has 7 aromatic rings. The van der Waals surface area contributed by atoms with E-state index in [2.05, 4.69) is 133 Å². The van der Waals surface area contributed by atoms with E-state index >= 15 is 0 Å². The predicted octanol–water partition coefficient (Wildman–Crippen LogP) is 11.7. The van der Waals surface area contributed by atoms with Crippen LogP contribution < -0.4 is 4.74 Å². The molecule has 2 heterocycles. The number of hydrogen-bond acceptors (Lipinski definition) is 3. The second kappa shape index (κ2) is 11.4. The number of para-hydroxylation sites is 2. The minimum atomic E-state index is 0.0167. The third-order valence-electron chi connectivity index (χ3n) is 10.1. The summed E-state index contributed by atoms with van der Waals surface area (Å²) in [6.07, 6.45) is 6.13. The Labute approximate surface area is 275 Å². The number of benzene rings is 6. The smallest absolute Gasteiger partial charge is 0.160 e. The fourth-order valence-electron chi connectivity index (χ4n) is 7.82. The van der Waals surface area contributed by atoms with Gasteiger partial charge in [0.2, 0.25) is 0 Å². The standard InChI is InChI=1S/C44H34N2O/c1-3-13-30(14-4-1)42-36-19-5-7-21-39(36)45-43(46-42)35-18-12-17-33(28-35)31-15-11-16-32(27-31)34-23-24-41-38(29-34)44(25-9-2-10-26-44)37-20-6-8-22-40(37)47-41/h1,3-8,11-24,27-29H,2,9-10,25-26H2. The SMILES string of the molecule is c1ccc(-c2nc(-c3cccc(-c4cccc(-c5ccc6c(c5)C5(CCCCC5)c5ccccc5O6)c4)c3)nc3ccccc23)cc1. The van der Waals surface area contributed by atoms with Gasteiger partial charge in [-0.2, -0.15) is 0 Å². The van der Waals surface area contributed by atoms with Gasteiger partial charge in [0.1, 0.15) is 11.5 Å². The Morgan fingerprint density at radius 1 is 0.447 bits per heavy atom. The second-order valence-corrected chi connectivity index (χ2v) is 12.9. The summed E-state index contributed by atoms with van der Waals surface area (Å²) in [5.74, 6) is 2.75. The Morgan fingerprint density at radius 3 is 1.87 bits per heavy atom. The van der Waals surface area contributed by atoms with Crippen molar-refractivity contribution in [1.29, 1.82) is 0 Å². The highest BCUT2D eigenvalue weighted by molar-refractivity contribution is 5.93. The van der Waals surface area contributed by atoms with Crippen LogP contribution >= 0.6 is 0 Å². The Hall–Kier alpha value is -5.54. The van der Waals surface area contributed by atoms with Gasteiger partial charge in [0, 0.05) is 33.1 Å². The van der Waals surface area contributed by atoms with Gasteiger partial charge in [0.15, 0.2) is 5.82 Å². The molecule has 3 nitrogen and oxygen atoms in total. The number of hydrogen-bond donors (Lipinski definition) is 0. The maximum absolute atomic E-state index is 6.50. The van der Waals surface area contributed by atoms with Crippen LogP contribution in [0.15, 0.2) is 146 Å². The van der Waals surface area contributed by atoms with E-state index in [1.54, 1.807) is 0 Å². The Morgan fingerprint density at radius 2 is 1.06 bits per heavy atom.